The van der Waals surface area contributed by atoms with Crippen molar-refractivity contribution in [2.24, 2.45) is 10.9 Å². The summed E-state index contributed by atoms with van der Waals surface area (Å²) in [6, 6.07) is 8.48. The number of nitrogens with zero attached hydrogens (tertiary/aromatic N) is 3. The average Bonchev–Trinajstić information content (AvgIpc) is 3.31. The molecule has 2 N–H and O–H groups in total. The Kier molecular flexibility index (Phi) is 10.1. The van der Waals surface area contributed by atoms with Gasteiger partial charge in [-0.15, -0.1) is 24.0 Å². The highest BCUT2D eigenvalue weighted by Crippen LogP contribution is 2.38. The van der Waals surface area contributed by atoms with E-state index >= 15 is 0 Å². The number of para-hydroxylation sites is 1. The van der Waals surface area contributed by atoms with Crippen LogP contribution in [0.3, 0.4) is 0 Å². The highest BCUT2D eigenvalue weighted by atomic mass is 127. The van der Waals surface area contributed by atoms with Gasteiger partial charge in [-0.2, -0.15) is 0 Å². The van der Waals surface area contributed by atoms with Crippen molar-refractivity contribution >= 4 is 47.4 Å². The predicted molar refractivity (Wildman–Crippen MR) is 136 cm³/mol. The Morgan fingerprint density at radius 1 is 1.26 bits per heavy atom. The van der Waals surface area contributed by atoms with Gasteiger partial charge in [0.05, 0.1) is 6.54 Å². The molecule has 0 saturated carbocycles. The second-order valence-electron chi connectivity index (χ2n) is 8.32. The maximum Gasteiger partial charge on any atom is 0.222 e. The number of carbonyl (C=O) groups excluding carboxylic acids is 2. The molecule has 3 rings (SSSR count). The maximum atomic E-state index is 12.0. The summed E-state index contributed by atoms with van der Waals surface area (Å²) in [5, 5.41) is 6.32. The van der Waals surface area contributed by atoms with Gasteiger partial charge in [0.25, 0.3) is 0 Å². The third-order valence-corrected chi connectivity index (χ3v) is 5.78. The van der Waals surface area contributed by atoms with E-state index in [1.165, 1.54) is 11.3 Å². The molecule has 1 saturated heterocycles. The van der Waals surface area contributed by atoms with Crippen LogP contribution in [0.4, 0.5) is 5.69 Å². The Bertz CT molecular complexity index is 783. The van der Waals surface area contributed by atoms with Crippen molar-refractivity contribution in [2.75, 3.05) is 44.2 Å². The molecule has 2 amide bonds. The molecule has 0 aromatic heterocycles. The molecule has 1 fully saturated rings. The van der Waals surface area contributed by atoms with Gasteiger partial charge in [-0.3, -0.25) is 14.6 Å². The fourth-order valence-corrected chi connectivity index (χ4v) is 4.13. The van der Waals surface area contributed by atoms with E-state index in [9.17, 15) is 9.59 Å². The van der Waals surface area contributed by atoms with Crippen LogP contribution in [0.25, 0.3) is 0 Å². The first-order valence-electron chi connectivity index (χ1n) is 11.2. The van der Waals surface area contributed by atoms with E-state index in [0.717, 1.165) is 45.0 Å². The summed E-state index contributed by atoms with van der Waals surface area (Å²) < 4.78 is 0. The van der Waals surface area contributed by atoms with Gasteiger partial charge in [-0.05, 0) is 31.4 Å². The number of hydrogen-bond donors (Lipinski definition) is 2. The molecule has 31 heavy (non-hydrogen) atoms. The number of anilines is 1. The quantitative estimate of drug-likeness (QED) is 0.230. The lowest BCUT2D eigenvalue weighted by Crippen LogP contribution is -2.42. The van der Waals surface area contributed by atoms with Gasteiger partial charge in [0, 0.05) is 56.7 Å². The molecule has 0 aliphatic carbocycles. The van der Waals surface area contributed by atoms with Crippen molar-refractivity contribution in [2.45, 2.75) is 46.0 Å². The van der Waals surface area contributed by atoms with E-state index in [0.29, 0.717) is 25.4 Å². The smallest absolute Gasteiger partial charge is 0.222 e. The molecule has 8 heteroatoms. The Morgan fingerprint density at radius 3 is 2.71 bits per heavy atom. The Morgan fingerprint density at radius 2 is 2.03 bits per heavy atom. The van der Waals surface area contributed by atoms with E-state index in [-0.39, 0.29) is 41.7 Å². The molecule has 0 spiro atoms. The second-order valence-corrected chi connectivity index (χ2v) is 8.32. The fraction of sp³-hybridized carbons (Fsp3) is 0.609. The number of fused-ring (bicyclic) bond motifs is 1. The van der Waals surface area contributed by atoms with Crippen LogP contribution < -0.4 is 15.5 Å². The summed E-state index contributed by atoms with van der Waals surface area (Å²) in [7, 11) is 0. The summed E-state index contributed by atoms with van der Waals surface area (Å²) in [4.78, 5) is 32.8. The monoisotopic (exact) mass is 541 g/mol. The average molecular weight is 541 g/mol. The van der Waals surface area contributed by atoms with Crippen LogP contribution >= 0.6 is 24.0 Å². The van der Waals surface area contributed by atoms with E-state index in [4.69, 9.17) is 4.99 Å². The topological polar surface area (TPSA) is 77.0 Å². The molecule has 1 aromatic rings. The molecule has 2 aliphatic rings. The maximum absolute atomic E-state index is 12.0. The Balaban J connectivity index is 0.00000341. The highest BCUT2D eigenvalue weighted by molar-refractivity contribution is 14.0. The van der Waals surface area contributed by atoms with Gasteiger partial charge in [0.1, 0.15) is 0 Å². The first kappa shape index (κ1) is 25.4. The molecule has 0 bridgehead atoms. The first-order valence-corrected chi connectivity index (χ1v) is 11.2. The number of likely N-dealkylation sites (tertiary alicyclic amines) is 1. The van der Waals surface area contributed by atoms with Crippen LogP contribution in [-0.2, 0) is 9.59 Å². The molecular formula is C23H36IN5O2. The van der Waals surface area contributed by atoms with Crippen molar-refractivity contribution < 1.29 is 9.59 Å². The van der Waals surface area contributed by atoms with Crippen LogP contribution in [-0.4, -0.2) is 61.9 Å². The second kappa shape index (κ2) is 12.3. The third kappa shape index (κ3) is 6.57. The van der Waals surface area contributed by atoms with Crippen molar-refractivity contribution in [3.8, 4) is 0 Å². The molecule has 1 aromatic carbocycles. The zero-order valence-electron chi connectivity index (χ0n) is 18.9. The van der Waals surface area contributed by atoms with Gasteiger partial charge in [0.15, 0.2) is 5.96 Å². The standard InChI is InChI=1S/C23H35N5O2.HI/c1-4-24-23(26-13-12-25-22(30)17(2)3)28-16-18(19-8-5-6-9-20(19)28)11-15-27-14-7-10-21(27)29;/h5-6,8-9,17-18H,4,7,10-16H2,1-3H3,(H,24,26)(H,25,30);1H. The minimum Gasteiger partial charge on any atom is -0.356 e. The van der Waals surface area contributed by atoms with Crippen LogP contribution in [0.2, 0.25) is 0 Å². The predicted octanol–water partition coefficient (Wildman–Crippen LogP) is 2.96. The summed E-state index contributed by atoms with van der Waals surface area (Å²) in [5.74, 6) is 1.55. The number of carbonyl (C=O) groups is 2. The Hall–Kier alpha value is -1.84. The first-order chi connectivity index (χ1) is 14.5. The SMILES string of the molecule is CCNC(=NCCNC(=O)C(C)C)N1CC(CCN2CCCC2=O)c2ccccc21.I. The van der Waals surface area contributed by atoms with Crippen molar-refractivity contribution in [1.82, 2.24) is 15.5 Å². The zero-order valence-corrected chi connectivity index (χ0v) is 21.2. The third-order valence-electron chi connectivity index (χ3n) is 5.78. The summed E-state index contributed by atoms with van der Waals surface area (Å²) in [6.45, 7) is 10.3. The number of halogens is 1. The van der Waals surface area contributed by atoms with E-state index < -0.39 is 0 Å². The summed E-state index contributed by atoms with van der Waals surface area (Å²) >= 11 is 0. The lowest BCUT2D eigenvalue weighted by Gasteiger charge is -2.23. The van der Waals surface area contributed by atoms with Gasteiger partial charge < -0.3 is 20.4 Å². The van der Waals surface area contributed by atoms with Gasteiger partial charge in [0.2, 0.25) is 11.8 Å². The van der Waals surface area contributed by atoms with Crippen LogP contribution in [0.5, 0.6) is 0 Å². The van der Waals surface area contributed by atoms with Gasteiger partial charge in [-0.1, -0.05) is 32.0 Å². The van der Waals surface area contributed by atoms with Crippen molar-refractivity contribution in [3.05, 3.63) is 29.8 Å². The molecular weight excluding hydrogens is 505 g/mol. The van der Waals surface area contributed by atoms with Crippen LogP contribution in [0, 0.1) is 5.92 Å². The van der Waals surface area contributed by atoms with E-state index in [2.05, 4.69) is 46.7 Å². The zero-order chi connectivity index (χ0) is 21.5. The largest absolute Gasteiger partial charge is 0.356 e. The number of benzene rings is 1. The number of nitrogens with one attached hydrogen (secondary N) is 2. The lowest BCUT2D eigenvalue weighted by molar-refractivity contribution is -0.127. The van der Waals surface area contributed by atoms with Gasteiger partial charge >= 0.3 is 0 Å². The van der Waals surface area contributed by atoms with Crippen LogP contribution in [0.1, 0.15) is 51.5 Å². The summed E-state index contributed by atoms with van der Waals surface area (Å²) in [6.07, 6.45) is 2.64. The molecule has 2 heterocycles. The molecule has 1 unspecified atom stereocenters. The molecule has 172 valence electrons. The van der Waals surface area contributed by atoms with E-state index in [1.807, 2.05) is 18.7 Å². The highest BCUT2D eigenvalue weighted by Gasteiger charge is 2.32. The normalized spacial score (nSPS) is 18.3. The number of hydrogen-bond acceptors (Lipinski definition) is 3. The molecule has 7 nitrogen and oxygen atoms in total. The summed E-state index contributed by atoms with van der Waals surface area (Å²) in [5.41, 5.74) is 2.50. The molecule has 0 radical (unpaired) electrons. The van der Waals surface area contributed by atoms with Crippen molar-refractivity contribution in [1.29, 1.82) is 0 Å². The Labute approximate surface area is 203 Å². The minimum absolute atomic E-state index is 0. The lowest BCUT2D eigenvalue weighted by atomic mass is 9.98. The number of guanidine groups is 1. The fourth-order valence-electron chi connectivity index (χ4n) is 4.13. The van der Waals surface area contributed by atoms with Crippen molar-refractivity contribution in [3.63, 3.8) is 0 Å². The van der Waals surface area contributed by atoms with Crippen LogP contribution in [0.15, 0.2) is 29.3 Å². The number of amides is 2. The number of rotatable bonds is 8. The number of aliphatic imine (C=N–C) groups is 1. The van der Waals surface area contributed by atoms with E-state index in [1.54, 1.807) is 0 Å². The molecule has 1 atom stereocenters. The minimum atomic E-state index is -0.0177. The van der Waals surface area contributed by atoms with Gasteiger partial charge in [-0.25, -0.2) is 0 Å². The molecule has 2 aliphatic heterocycles.